The molecule has 0 aliphatic heterocycles. The van der Waals surface area contributed by atoms with E-state index in [0.29, 0.717) is 33.3 Å². The number of rotatable bonds is 6. The summed E-state index contributed by atoms with van der Waals surface area (Å²) in [7, 11) is 0. The van der Waals surface area contributed by atoms with Crippen molar-refractivity contribution < 1.29 is 4.74 Å². The number of fused-ring (bicyclic) bond motifs is 1. The molecule has 1 aromatic heterocycles. The fourth-order valence-corrected chi connectivity index (χ4v) is 4.34. The van der Waals surface area contributed by atoms with E-state index in [9.17, 15) is 4.79 Å². The molecule has 0 spiro atoms. The summed E-state index contributed by atoms with van der Waals surface area (Å²) in [5, 5.41) is 7.34. The van der Waals surface area contributed by atoms with Crippen LogP contribution in [0.4, 0.5) is 11.4 Å². The van der Waals surface area contributed by atoms with Crippen LogP contribution in [0.3, 0.4) is 0 Å². The summed E-state index contributed by atoms with van der Waals surface area (Å²) in [5.41, 5.74) is 3.98. The van der Waals surface area contributed by atoms with Gasteiger partial charge >= 0.3 is 0 Å². The lowest BCUT2D eigenvalue weighted by Gasteiger charge is -2.15. The van der Waals surface area contributed by atoms with Gasteiger partial charge in [0.1, 0.15) is 12.4 Å². The average Bonchev–Trinajstić information content (AvgIpc) is 2.90. The highest BCUT2D eigenvalue weighted by Gasteiger charge is 2.14. The molecule has 8 heteroatoms. The van der Waals surface area contributed by atoms with Crippen molar-refractivity contribution in [2.45, 2.75) is 13.5 Å². The Morgan fingerprint density at radius 1 is 0.892 bits per heavy atom. The smallest absolute Gasteiger partial charge is 0.266 e. The van der Waals surface area contributed by atoms with Gasteiger partial charge in [0, 0.05) is 15.8 Å². The fourth-order valence-electron chi connectivity index (χ4n) is 3.84. The maximum atomic E-state index is 13.5. The van der Waals surface area contributed by atoms with E-state index < -0.39 is 0 Å². The lowest BCUT2D eigenvalue weighted by Crippen LogP contribution is -2.25. The zero-order valence-corrected chi connectivity index (χ0v) is 22.3. The maximum absolute atomic E-state index is 13.5. The number of halogens is 1. The molecule has 37 heavy (non-hydrogen) atoms. The third-order valence-corrected chi connectivity index (χ3v) is 6.45. The van der Waals surface area contributed by atoms with Crippen molar-refractivity contribution in [2.24, 2.45) is 0 Å². The molecule has 5 rings (SSSR count). The number of ether oxygens (including phenoxy) is 1. The van der Waals surface area contributed by atoms with Crippen molar-refractivity contribution in [1.29, 1.82) is 0 Å². The third-order valence-electron chi connectivity index (χ3n) is 5.72. The molecule has 0 fully saturated rings. The highest BCUT2D eigenvalue weighted by Crippen LogP contribution is 2.19. The second-order valence-corrected chi connectivity index (χ2v) is 9.74. The molecular weight excluding hydrogens is 548 g/mol. The monoisotopic (exact) mass is 570 g/mol. The lowest BCUT2D eigenvalue weighted by molar-refractivity contribution is 0.292. The second-order valence-electron chi connectivity index (χ2n) is 8.42. The summed E-state index contributed by atoms with van der Waals surface area (Å²) in [6, 6.07) is 30.3. The predicted molar refractivity (Wildman–Crippen MR) is 157 cm³/mol. The molecule has 0 atom stereocenters. The van der Waals surface area contributed by atoms with Gasteiger partial charge in [-0.3, -0.25) is 9.36 Å². The molecule has 5 aromatic rings. The molecule has 0 saturated heterocycles. The molecular formula is C29H23BrN4O2S. The van der Waals surface area contributed by atoms with Gasteiger partial charge in [-0.1, -0.05) is 45.8 Å². The topological polar surface area (TPSA) is 68.2 Å². The normalized spacial score (nSPS) is 10.8. The molecule has 0 bridgehead atoms. The van der Waals surface area contributed by atoms with Gasteiger partial charge in [0.15, 0.2) is 10.9 Å². The van der Waals surface area contributed by atoms with Crippen LogP contribution in [0, 0.1) is 6.92 Å². The van der Waals surface area contributed by atoms with Crippen molar-refractivity contribution in [2.75, 3.05) is 10.6 Å². The Bertz CT molecular complexity index is 1620. The highest BCUT2D eigenvalue weighted by atomic mass is 79.9. The first-order chi connectivity index (χ1) is 18.0. The van der Waals surface area contributed by atoms with Gasteiger partial charge < -0.3 is 15.4 Å². The van der Waals surface area contributed by atoms with Gasteiger partial charge in [0.2, 0.25) is 0 Å². The Morgan fingerprint density at radius 3 is 2.19 bits per heavy atom. The second kappa shape index (κ2) is 10.9. The standard InChI is InChI=1S/C29H23BrN4O2S/c1-19-6-16-24(17-7-19)36-18-27-33-26-5-3-2-4-25(26)28(35)34(27)23-14-12-22(13-15-23)32-29(37)31-21-10-8-20(30)9-11-21/h2-17H,18H2,1H3,(H2,31,32,37). The number of benzene rings is 4. The number of aromatic nitrogens is 2. The lowest BCUT2D eigenvalue weighted by atomic mass is 10.2. The van der Waals surface area contributed by atoms with E-state index in [2.05, 4.69) is 26.6 Å². The zero-order valence-electron chi connectivity index (χ0n) is 19.9. The minimum atomic E-state index is -0.152. The minimum Gasteiger partial charge on any atom is -0.486 e. The summed E-state index contributed by atoms with van der Waals surface area (Å²) in [5.74, 6) is 1.23. The zero-order chi connectivity index (χ0) is 25.8. The SMILES string of the molecule is Cc1ccc(OCc2nc3ccccc3c(=O)n2-c2ccc(NC(=S)Nc3ccc(Br)cc3)cc2)cc1. The number of aryl methyl sites for hydroxylation is 1. The third kappa shape index (κ3) is 5.87. The Kier molecular flexibility index (Phi) is 7.30. The molecule has 0 saturated carbocycles. The Balaban J connectivity index is 1.41. The summed E-state index contributed by atoms with van der Waals surface area (Å²) >= 11 is 8.87. The molecule has 1 heterocycles. The van der Waals surface area contributed by atoms with Gasteiger partial charge in [0.25, 0.3) is 5.56 Å². The molecule has 4 aromatic carbocycles. The van der Waals surface area contributed by atoms with Crippen molar-refractivity contribution in [3.05, 3.63) is 123 Å². The number of hydrogen-bond acceptors (Lipinski definition) is 4. The van der Waals surface area contributed by atoms with Crippen LogP contribution in [0.15, 0.2) is 106 Å². The molecule has 0 radical (unpaired) electrons. The number of nitrogens with one attached hydrogen (secondary N) is 2. The largest absolute Gasteiger partial charge is 0.486 e. The number of hydrogen-bond donors (Lipinski definition) is 2. The summed E-state index contributed by atoms with van der Waals surface area (Å²) in [6.07, 6.45) is 0. The van der Waals surface area contributed by atoms with Crippen LogP contribution < -0.4 is 20.9 Å². The van der Waals surface area contributed by atoms with E-state index in [1.807, 2.05) is 97.9 Å². The van der Waals surface area contributed by atoms with Crippen LogP contribution in [-0.2, 0) is 6.61 Å². The first-order valence-corrected chi connectivity index (χ1v) is 12.8. The summed E-state index contributed by atoms with van der Waals surface area (Å²) in [6.45, 7) is 2.17. The first-order valence-electron chi connectivity index (χ1n) is 11.6. The quantitative estimate of drug-likeness (QED) is 0.218. The van der Waals surface area contributed by atoms with Gasteiger partial charge in [-0.25, -0.2) is 4.98 Å². The van der Waals surface area contributed by atoms with E-state index in [-0.39, 0.29) is 12.2 Å². The average molecular weight is 572 g/mol. The van der Waals surface area contributed by atoms with Crippen molar-refractivity contribution >= 4 is 55.5 Å². The Hall–Kier alpha value is -4.01. The Morgan fingerprint density at radius 2 is 1.51 bits per heavy atom. The van der Waals surface area contributed by atoms with Crippen LogP contribution in [-0.4, -0.2) is 14.7 Å². The number of anilines is 2. The minimum absolute atomic E-state index is 0.143. The van der Waals surface area contributed by atoms with Crippen LogP contribution in [0.5, 0.6) is 5.75 Å². The molecule has 0 aliphatic rings. The molecule has 0 unspecified atom stereocenters. The van der Waals surface area contributed by atoms with Crippen molar-refractivity contribution in [3.63, 3.8) is 0 Å². The number of para-hydroxylation sites is 1. The van der Waals surface area contributed by atoms with Crippen LogP contribution in [0.1, 0.15) is 11.4 Å². The van der Waals surface area contributed by atoms with Gasteiger partial charge in [-0.15, -0.1) is 0 Å². The van der Waals surface area contributed by atoms with E-state index in [0.717, 1.165) is 21.4 Å². The van der Waals surface area contributed by atoms with Crippen LogP contribution >= 0.6 is 28.1 Å². The molecule has 184 valence electrons. The van der Waals surface area contributed by atoms with Gasteiger partial charge in [-0.2, -0.15) is 0 Å². The Labute approximate surface area is 228 Å². The molecule has 2 N–H and O–H groups in total. The highest BCUT2D eigenvalue weighted by molar-refractivity contribution is 9.10. The van der Waals surface area contributed by atoms with E-state index in [1.54, 1.807) is 10.6 Å². The number of nitrogens with zero attached hydrogens (tertiary/aromatic N) is 2. The van der Waals surface area contributed by atoms with Crippen molar-refractivity contribution in [3.8, 4) is 11.4 Å². The molecule has 0 aliphatic carbocycles. The first kappa shape index (κ1) is 24.7. The van der Waals surface area contributed by atoms with E-state index in [4.69, 9.17) is 21.9 Å². The van der Waals surface area contributed by atoms with Gasteiger partial charge in [0.05, 0.1) is 16.6 Å². The fraction of sp³-hybridized carbons (Fsp3) is 0.0690. The van der Waals surface area contributed by atoms with Gasteiger partial charge in [-0.05, 0) is 91.9 Å². The van der Waals surface area contributed by atoms with E-state index in [1.165, 1.54) is 0 Å². The van der Waals surface area contributed by atoms with E-state index >= 15 is 0 Å². The van der Waals surface area contributed by atoms with Crippen molar-refractivity contribution in [1.82, 2.24) is 9.55 Å². The molecule has 6 nitrogen and oxygen atoms in total. The number of thiocarbonyl (C=S) groups is 1. The van der Waals surface area contributed by atoms with Crippen LogP contribution in [0.2, 0.25) is 0 Å². The summed E-state index contributed by atoms with van der Waals surface area (Å²) < 4.78 is 8.58. The maximum Gasteiger partial charge on any atom is 0.266 e. The summed E-state index contributed by atoms with van der Waals surface area (Å²) in [4.78, 5) is 18.3. The van der Waals surface area contributed by atoms with Crippen LogP contribution in [0.25, 0.3) is 16.6 Å². The predicted octanol–water partition coefficient (Wildman–Crippen LogP) is 6.84. The molecule has 0 amide bonds.